The number of carbonyl (C=O) groups is 2. The topological polar surface area (TPSA) is 78.9 Å². The van der Waals surface area contributed by atoms with E-state index in [1.165, 1.54) is 24.8 Å². The van der Waals surface area contributed by atoms with Crippen molar-refractivity contribution in [3.8, 4) is 5.75 Å². The number of carboxylic acid groups (broad SMARTS) is 1. The smallest absolute Gasteiger partial charge is 0.347 e. The average Bonchev–Trinajstić information content (AvgIpc) is 2.86. The molecule has 2 N–H and O–H groups in total. The number of hydrogen-bond acceptors (Lipinski definition) is 3. The molecule has 2 aromatic carbocycles. The van der Waals surface area contributed by atoms with Gasteiger partial charge in [0.25, 0.3) is 0 Å². The molecular formula is C30H44N2O4. The van der Waals surface area contributed by atoms with Gasteiger partial charge in [0.05, 0.1) is 0 Å². The molecule has 0 heterocycles. The third-order valence-electron chi connectivity index (χ3n) is 6.69. The van der Waals surface area contributed by atoms with Crippen molar-refractivity contribution in [1.82, 2.24) is 4.90 Å². The van der Waals surface area contributed by atoms with Crippen LogP contribution in [0.25, 0.3) is 0 Å². The van der Waals surface area contributed by atoms with E-state index in [2.05, 4.69) is 38.2 Å². The number of ether oxygens (including phenoxy) is 1. The number of carboxylic acids is 1. The van der Waals surface area contributed by atoms with Gasteiger partial charge in [0.2, 0.25) is 5.60 Å². The van der Waals surface area contributed by atoms with E-state index in [-0.39, 0.29) is 6.03 Å². The summed E-state index contributed by atoms with van der Waals surface area (Å²) in [6.07, 6.45) is 6.67. The van der Waals surface area contributed by atoms with Crippen molar-refractivity contribution in [2.45, 2.75) is 91.1 Å². The molecule has 2 amide bonds. The molecule has 198 valence electrons. The van der Waals surface area contributed by atoms with Crippen molar-refractivity contribution in [2.75, 3.05) is 18.4 Å². The first-order chi connectivity index (χ1) is 17.2. The van der Waals surface area contributed by atoms with Gasteiger partial charge in [-0.05, 0) is 67.5 Å². The minimum absolute atomic E-state index is 0.0976. The molecule has 0 unspecified atom stereocenters. The quantitative estimate of drug-likeness (QED) is 0.250. The van der Waals surface area contributed by atoms with Crippen LogP contribution in [0.2, 0.25) is 0 Å². The molecule has 0 saturated heterocycles. The van der Waals surface area contributed by atoms with Crippen molar-refractivity contribution in [2.24, 2.45) is 0 Å². The van der Waals surface area contributed by atoms with Crippen LogP contribution in [0.4, 0.5) is 10.5 Å². The number of benzene rings is 2. The molecule has 2 rings (SSSR count). The third kappa shape index (κ3) is 9.21. The third-order valence-corrected chi connectivity index (χ3v) is 6.69. The Kier molecular flexibility index (Phi) is 11.8. The molecule has 6 nitrogen and oxygen atoms in total. The second-order valence-electron chi connectivity index (χ2n) is 10.00. The molecule has 0 aliphatic heterocycles. The lowest BCUT2D eigenvalue weighted by molar-refractivity contribution is -0.154. The lowest BCUT2D eigenvalue weighted by atomic mass is 10.0. The molecule has 0 aromatic heterocycles. The fourth-order valence-electron chi connectivity index (χ4n) is 3.93. The first-order valence-electron chi connectivity index (χ1n) is 13.4. The minimum atomic E-state index is -1.27. The summed E-state index contributed by atoms with van der Waals surface area (Å²) in [5.74, 6) is -0.0115. The lowest BCUT2D eigenvalue weighted by Crippen LogP contribution is -2.40. The number of nitrogens with one attached hydrogen (secondary N) is 1. The highest BCUT2D eigenvalue weighted by Crippen LogP contribution is 2.23. The number of amides is 2. The summed E-state index contributed by atoms with van der Waals surface area (Å²) in [4.78, 5) is 26.7. The lowest BCUT2D eigenvalue weighted by Gasteiger charge is -2.25. The molecule has 0 saturated carbocycles. The summed E-state index contributed by atoms with van der Waals surface area (Å²) in [5, 5.41) is 12.6. The summed E-state index contributed by atoms with van der Waals surface area (Å²) < 4.78 is 5.82. The summed E-state index contributed by atoms with van der Waals surface area (Å²) in [6.45, 7) is 11.1. The Morgan fingerprint density at radius 3 is 2.31 bits per heavy atom. The van der Waals surface area contributed by atoms with E-state index < -0.39 is 11.6 Å². The van der Waals surface area contributed by atoms with Gasteiger partial charge in [-0.25, -0.2) is 9.59 Å². The highest BCUT2D eigenvalue weighted by Gasteiger charge is 2.33. The SMILES string of the molecule is CCCCCCCN(CCc1cccc(O[C@](C)(CC)C(=O)O)c1)C(=O)Nc1ccc(C(C)C)cc1. The van der Waals surface area contributed by atoms with Gasteiger partial charge < -0.3 is 20.1 Å². The Hall–Kier alpha value is -3.02. The van der Waals surface area contributed by atoms with E-state index in [1.807, 2.05) is 35.2 Å². The highest BCUT2D eigenvalue weighted by atomic mass is 16.5. The van der Waals surface area contributed by atoms with E-state index in [0.717, 1.165) is 24.1 Å². The summed E-state index contributed by atoms with van der Waals surface area (Å²) >= 11 is 0. The molecule has 0 fully saturated rings. The van der Waals surface area contributed by atoms with Gasteiger partial charge in [-0.1, -0.05) is 77.6 Å². The average molecular weight is 497 g/mol. The molecule has 0 aliphatic carbocycles. The van der Waals surface area contributed by atoms with E-state index >= 15 is 0 Å². The van der Waals surface area contributed by atoms with E-state index in [0.29, 0.717) is 37.6 Å². The fraction of sp³-hybridized carbons (Fsp3) is 0.533. The van der Waals surface area contributed by atoms with Gasteiger partial charge in [0.1, 0.15) is 5.75 Å². The summed E-state index contributed by atoms with van der Waals surface area (Å²) in [5.41, 5.74) is 1.77. The van der Waals surface area contributed by atoms with Crippen molar-refractivity contribution < 1.29 is 19.4 Å². The van der Waals surface area contributed by atoms with Gasteiger partial charge in [0, 0.05) is 18.8 Å². The number of carbonyl (C=O) groups excluding carboxylic acids is 1. The Balaban J connectivity index is 2.06. The predicted octanol–water partition coefficient (Wildman–Crippen LogP) is 7.49. The van der Waals surface area contributed by atoms with Gasteiger partial charge in [-0.15, -0.1) is 0 Å². The Morgan fingerprint density at radius 1 is 1.00 bits per heavy atom. The van der Waals surface area contributed by atoms with Crippen LogP contribution in [0.15, 0.2) is 48.5 Å². The molecule has 0 spiro atoms. The minimum Gasteiger partial charge on any atom is -0.478 e. The molecular weight excluding hydrogens is 452 g/mol. The number of nitrogens with zero attached hydrogens (tertiary/aromatic N) is 1. The standard InChI is InChI=1S/C30H44N2O4/c1-6-8-9-10-11-20-32(29(35)31-26-17-15-25(16-18-26)23(3)4)21-19-24-13-12-14-27(22-24)36-30(5,7-2)28(33)34/h12-18,22-23H,6-11,19-21H2,1-5H3,(H,31,35)(H,33,34)/t30-/m1/s1. The maximum atomic E-state index is 13.2. The second-order valence-corrected chi connectivity index (χ2v) is 10.00. The van der Waals surface area contributed by atoms with Crippen LogP contribution < -0.4 is 10.1 Å². The van der Waals surface area contributed by atoms with Crippen LogP contribution in [-0.2, 0) is 11.2 Å². The highest BCUT2D eigenvalue weighted by molar-refractivity contribution is 5.89. The van der Waals surface area contributed by atoms with Crippen molar-refractivity contribution >= 4 is 17.7 Å². The van der Waals surface area contributed by atoms with Crippen LogP contribution in [0.1, 0.15) is 90.2 Å². The van der Waals surface area contributed by atoms with Crippen molar-refractivity contribution in [3.63, 3.8) is 0 Å². The molecule has 0 radical (unpaired) electrons. The largest absolute Gasteiger partial charge is 0.478 e. The van der Waals surface area contributed by atoms with Crippen LogP contribution in [-0.4, -0.2) is 40.7 Å². The zero-order valence-corrected chi connectivity index (χ0v) is 22.7. The second kappa shape index (κ2) is 14.5. The first-order valence-corrected chi connectivity index (χ1v) is 13.4. The van der Waals surface area contributed by atoms with Gasteiger partial charge in [-0.3, -0.25) is 0 Å². The predicted molar refractivity (Wildman–Crippen MR) is 147 cm³/mol. The van der Waals surface area contributed by atoms with Crippen LogP contribution >= 0.6 is 0 Å². The molecule has 36 heavy (non-hydrogen) atoms. The van der Waals surface area contributed by atoms with Crippen LogP contribution in [0.3, 0.4) is 0 Å². The number of anilines is 1. The van der Waals surface area contributed by atoms with Crippen molar-refractivity contribution in [3.05, 3.63) is 59.7 Å². The number of aliphatic carboxylic acids is 1. The maximum Gasteiger partial charge on any atom is 0.347 e. The summed E-state index contributed by atoms with van der Waals surface area (Å²) in [7, 11) is 0. The van der Waals surface area contributed by atoms with Crippen molar-refractivity contribution in [1.29, 1.82) is 0 Å². The van der Waals surface area contributed by atoms with Gasteiger partial charge in [0.15, 0.2) is 0 Å². The first kappa shape index (κ1) is 29.2. The molecule has 1 atom stereocenters. The number of unbranched alkanes of at least 4 members (excludes halogenated alkanes) is 4. The molecule has 6 heteroatoms. The zero-order valence-electron chi connectivity index (χ0n) is 22.7. The van der Waals surface area contributed by atoms with E-state index in [1.54, 1.807) is 19.9 Å². The van der Waals surface area contributed by atoms with Gasteiger partial charge >= 0.3 is 12.0 Å². The van der Waals surface area contributed by atoms with E-state index in [9.17, 15) is 14.7 Å². The molecule has 2 aromatic rings. The Bertz CT molecular complexity index is 958. The zero-order chi connectivity index (χ0) is 26.6. The van der Waals surface area contributed by atoms with Gasteiger partial charge in [-0.2, -0.15) is 0 Å². The molecule has 0 bridgehead atoms. The Morgan fingerprint density at radius 2 is 1.69 bits per heavy atom. The number of hydrogen-bond donors (Lipinski definition) is 2. The normalized spacial score (nSPS) is 12.7. The van der Waals surface area contributed by atoms with E-state index in [4.69, 9.17) is 4.74 Å². The van der Waals surface area contributed by atoms with Crippen LogP contribution in [0.5, 0.6) is 5.75 Å². The monoisotopic (exact) mass is 496 g/mol. The Labute approximate surface area is 217 Å². The maximum absolute atomic E-state index is 13.2. The fourth-order valence-corrected chi connectivity index (χ4v) is 3.93. The summed E-state index contributed by atoms with van der Waals surface area (Å²) in [6, 6.07) is 15.4. The number of urea groups is 1. The van der Waals surface area contributed by atoms with Crippen LogP contribution in [0, 0.1) is 0 Å². The number of rotatable bonds is 15. The molecule has 0 aliphatic rings.